The van der Waals surface area contributed by atoms with Gasteiger partial charge in [-0.1, -0.05) is 95.4 Å². The number of alkyl halides is 2. The maximum atomic E-state index is 13.6. The lowest BCUT2D eigenvalue weighted by Gasteiger charge is -2.28. The van der Waals surface area contributed by atoms with Gasteiger partial charge in [-0.2, -0.15) is 12.5 Å². The van der Waals surface area contributed by atoms with Crippen LogP contribution in [0.4, 0.5) is 27.1 Å². The highest BCUT2D eigenvalue weighted by atomic mass is 127. The summed E-state index contributed by atoms with van der Waals surface area (Å²) in [6.07, 6.45) is 12.4. The number of halogens is 3. The van der Waals surface area contributed by atoms with Crippen molar-refractivity contribution >= 4 is 150 Å². The normalized spacial score (nSPS) is 16.4. The number of carbonyl (C=O) groups is 7. The number of benzene rings is 8. The molecule has 738 valence electrons. The molecule has 1 saturated heterocycles. The summed E-state index contributed by atoms with van der Waals surface area (Å²) in [7, 11) is -15.9. The molecule has 0 radical (unpaired) electrons. The van der Waals surface area contributed by atoms with Gasteiger partial charge < -0.3 is 85.1 Å². The summed E-state index contributed by atoms with van der Waals surface area (Å²) in [5.74, 6) is -0.921. The van der Waals surface area contributed by atoms with E-state index in [1.165, 1.54) is 65.0 Å². The summed E-state index contributed by atoms with van der Waals surface area (Å²) in [5.41, 5.74) is 20.4. The highest BCUT2D eigenvalue weighted by Crippen LogP contribution is 2.45. The van der Waals surface area contributed by atoms with E-state index in [0.717, 1.165) is 110 Å². The first-order valence-corrected chi connectivity index (χ1v) is 54.3. The van der Waals surface area contributed by atoms with Crippen molar-refractivity contribution in [3.8, 4) is 46.0 Å². The average molecular weight is 2120 g/mol. The Hall–Kier alpha value is -10.7. The molecular formula is C96H119ClFIN8O24S5. The van der Waals surface area contributed by atoms with Crippen molar-refractivity contribution in [2.75, 3.05) is 135 Å². The van der Waals surface area contributed by atoms with E-state index in [-0.39, 0.29) is 136 Å². The lowest BCUT2D eigenvalue weighted by molar-refractivity contribution is -0.118. The van der Waals surface area contributed by atoms with Crippen molar-refractivity contribution in [1.82, 2.24) is 19.6 Å². The molecule has 0 aromatic heterocycles. The fourth-order valence-corrected chi connectivity index (χ4v) is 19.7. The molecule has 5 aliphatic heterocycles. The van der Waals surface area contributed by atoms with Crippen LogP contribution in [-0.2, 0) is 84.6 Å². The van der Waals surface area contributed by atoms with Crippen molar-refractivity contribution in [2.45, 2.75) is 129 Å². The van der Waals surface area contributed by atoms with Crippen molar-refractivity contribution < 1.29 is 120 Å². The third-order valence-electron chi connectivity index (χ3n) is 22.4. The monoisotopic (exact) mass is 2120 g/mol. The second-order valence-corrected chi connectivity index (χ2v) is 44.2. The molecular weight excluding hydrogens is 1990 g/mol. The molecule has 8 aromatic rings. The molecule has 0 spiro atoms. The number of nitrogens with one attached hydrogen (secondary N) is 2. The lowest BCUT2D eigenvalue weighted by atomic mass is 10.1. The Morgan fingerprint density at radius 1 is 0.485 bits per heavy atom. The van der Waals surface area contributed by atoms with Gasteiger partial charge in [0.05, 0.1) is 134 Å². The van der Waals surface area contributed by atoms with Crippen molar-refractivity contribution in [3.63, 3.8) is 0 Å². The molecule has 16 rings (SSSR count). The van der Waals surface area contributed by atoms with Crippen molar-refractivity contribution in [1.29, 1.82) is 1.12 Å². The van der Waals surface area contributed by atoms with Crippen LogP contribution in [0.15, 0.2) is 146 Å². The van der Waals surface area contributed by atoms with Crippen molar-refractivity contribution in [3.05, 3.63) is 212 Å². The predicted octanol–water partition coefficient (Wildman–Crippen LogP) is 14.5. The van der Waals surface area contributed by atoms with E-state index >= 15 is 0 Å². The first-order chi connectivity index (χ1) is 66.6. The van der Waals surface area contributed by atoms with E-state index in [0.29, 0.717) is 111 Å². The SMILES string of the molecule is C1CCOC1.CCOc1cc([C@@H](CS(C)(=O)=O)N2Cc3cccc(N)c3C2=O)ccc1O.CCOc1cc([C@@H](CS(C)(=O)=O)N2Cc3cccc(N)c3C2=O)ccc1OC.CCOc1cc([C@@H](CS(C)(=O)=O)N2Cc3cccc(NC(=O)C4CC4)c3C2=O)ccc1O.O=C(Cl)C1CC1.[2H]CF.[2H][13C]([2H])([2H])Oc1ccc([C@@H](CS(C)(=O)=O)N2Cc3cccc(NC(=O)C4CC4)c3C2=O)cc1OCC.[3H]SCI. The molecule has 32 nitrogen and oxygen atoms in total. The fraction of sp³-hybridized carbons (Fsp3) is 0.427. The molecule has 8 aromatic carbocycles. The third kappa shape index (κ3) is 30.2. The van der Waals surface area contributed by atoms with Crippen LogP contribution in [0.2, 0.25) is 0 Å². The first kappa shape index (κ1) is 101. The van der Waals surface area contributed by atoms with Gasteiger partial charge in [0, 0.05) is 97.3 Å². The molecule has 4 fully saturated rings. The maximum Gasteiger partial charge on any atom is 0.257 e. The predicted molar refractivity (Wildman–Crippen MR) is 532 cm³/mol. The number of nitrogens with two attached hydrogens (primary N) is 2. The minimum atomic E-state index is -3.54. The number of nitrogen functional groups attached to an aromatic ring is 2. The van der Waals surface area contributed by atoms with E-state index in [1.807, 2.05) is 19.1 Å². The number of amides is 6. The number of hydrogen-bond donors (Lipinski definition) is 7. The number of fused-ring (bicyclic) bond motifs is 4. The van der Waals surface area contributed by atoms with Gasteiger partial charge in [0.15, 0.2) is 46.0 Å². The minimum absolute atomic E-state index is 0.00886. The third-order valence-corrected chi connectivity index (χ3v) is 26.4. The number of aromatic hydroxyl groups is 2. The number of anilines is 4. The minimum Gasteiger partial charge on any atom is -0.504 e. The van der Waals surface area contributed by atoms with Gasteiger partial charge in [0.25, 0.3) is 23.6 Å². The van der Waals surface area contributed by atoms with E-state index in [9.17, 15) is 81.8 Å². The Morgan fingerprint density at radius 3 is 1.03 bits per heavy atom. The lowest BCUT2D eigenvalue weighted by Crippen LogP contribution is -2.34. The zero-order valence-corrected chi connectivity index (χ0v) is 83.9. The number of carbonyl (C=O) groups excluding carboxylic acids is 7. The molecule has 4 atom stereocenters. The van der Waals surface area contributed by atoms with Crippen molar-refractivity contribution in [2.24, 2.45) is 17.8 Å². The number of sulfone groups is 4. The summed E-state index contributed by atoms with van der Waals surface area (Å²) in [5, 5.41) is 25.5. The van der Waals surface area contributed by atoms with Gasteiger partial charge >= 0.3 is 0 Å². The Kier molecular flexibility index (Phi) is 36.9. The Morgan fingerprint density at radius 2 is 0.772 bits per heavy atom. The number of nitrogens with zero attached hydrogens (tertiary/aromatic N) is 4. The van der Waals surface area contributed by atoms with Crippen LogP contribution in [0.1, 0.15) is 195 Å². The number of phenols is 2. The average Bonchev–Trinajstić information content (AvgIpc) is 1.62. The Bertz CT molecular complexity index is 6280. The number of hydrogen-bond acceptors (Lipinski definition) is 27. The van der Waals surface area contributed by atoms with Crippen LogP contribution in [0.25, 0.3) is 0 Å². The zero-order valence-electron chi connectivity index (χ0n) is 81.9. The molecule has 3 aliphatic carbocycles. The molecule has 8 N–H and O–H groups in total. The van der Waals surface area contributed by atoms with Gasteiger partial charge in [-0.25, -0.2) is 33.7 Å². The van der Waals surface area contributed by atoms with Crippen LogP contribution in [0, 0.1) is 17.8 Å². The zero-order chi connectivity index (χ0) is 104. The Labute approximate surface area is 825 Å². The van der Waals surface area contributed by atoms with Gasteiger partial charge in [-0.05, 0) is 208 Å². The molecule has 5 heterocycles. The molecule has 136 heavy (non-hydrogen) atoms. The van der Waals surface area contributed by atoms with E-state index in [2.05, 4.69) is 33.2 Å². The topological polar surface area (TPSA) is 450 Å². The molecule has 40 heteroatoms. The van der Waals surface area contributed by atoms with E-state index < -0.39 is 83.6 Å². The fourth-order valence-electron chi connectivity index (χ4n) is 15.7. The number of phenolic OH excluding ortho intramolecular Hbond substituents is 2. The molecule has 6 amide bonds. The summed E-state index contributed by atoms with van der Waals surface area (Å²) in [4.78, 5) is 93.7. The molecule has 0 unspecified atom stereocenters. The van der Waals surface area contributed by atoms with Crippen LogP contribution in [-0.4, -0.2) is 218 Å². The number of ether oxygens (including phenoxy) is 7. The van der Waals surface area contributed by atoms with Gasteiger partial charge in [0.2, 0.25) is 17.1 Å². The Balaban J connectivity index is 0.000000198. The summed E-state index contributed by atoms with van der Waals surface area (Å²) in [6.45, 7) is 11.4. The number of thiol groups is 1. The second-order valence-electron chi connectivity index (χ2n) is 33.0. The maximum absolute atomic E-state index is 13.6. The highest BCUT2D eigenvalue weighted by Gasteiger charge is 2.44. The standard InChI is InChI=1S/C24H28N2O6S.C23H26N2O6S.C20H24N2O5S.C19H22N2O5S.C4H5ClO.C4H8O.CH3F.CH3IS/c1-4-32-21-12-16(10-11-20(21)31-2)19(14-33(3,29)30)26-13-17-6-5-7-18(22(17)24(26)28)25-23(27)15-8-9-15;1-3-31-20-11-15(9-10-19(20)26)18(13-32(2,29)30)25-12-16-5-4-6-17(21(16)23(25)28)24-22(27)14-7-8-14;1-4-27-18-10-13(8-9-17(18)26-2)16(12-28(3,24)25)22-11-14-6-5-7-15(21)19(14)20(22)23;1-3-26-17-9-12(7-8-16(17)22)15(11-27(2,24)25)21-10-13-5-4-6-14(20)18(13)19(21)23;5-4(6)3-1-2-3;1-2-4-5-3-1;1-2;2-1-3/h5-7,10-12,15,19H,4,8-9,13-14H2,1-3H3,(H,25,27);4-6,9-11,14,18,26H,3,7-8,12-13H2,1-2H3,(H,24,27);5-10,16H,4,11-12,21H2,1-3H3;4-9,15,22H,3,10-11,20H2,1-2H3;3H,1-2H2;1-4H2;1H3;3H,1H2/t19-;18-;16-;15-;;;;/m1111..../s1/i2+1D3;;;;;;1D;/hT. The van der Waals surface area contributed by atoms with Crippen LogP contribution >= 0.6 is 46.7 Å². The number of rotatable bonds is 32. The van der Waals surface area contributed by atoms with Gasteiger partial charge in [-0.3, -0.25) is 38.0 Å². The quantitative estimate of drug-likeness (QED) is 0.00514. The van der Waals surface area contributed by atoms with Gasteiger partial charge in [0.1, 0.15) is 40.5 Å². The first-order valence-electron chi connectivity index (χ1n) is 46.2. The summed E-state index contributed by atoms with van der Waals surface area (Å²) >= 11 is 8.26. The summed E-state index contributed by atoms with van der Waals surface area (Å²) in [6, 6.07) is 36.8. The van der Waals surface area contributed by atoms with Gasteiger partial charge in [-0.15, -0.1) is 0 Å². The smallest absolute Gasteiger partial charge is 0.257 e. The largest absolute Gasteiger partial charge is 0.504 e. The highest BCUT2D eigenvalue weighted by molar-refractivity contribution is 14.1. The van der Waals surface area contributed by atoms with Crippen LogP contribution < -0.4 is 50.5 Å². The van der Waals surface area contributed by atoms with Crippen LogP contribution in [0.5, 0.6) is 46.0 Å². The summed E-state index contributed by atoms with van der Waals surface area (Å²) < 4.78 is 180. The number of methoxy groups -OCH3 is 2. The molecule has 0 bridgehead atoms. The molecule has 3 saturated carbocycles. The van der Waals surface area contributed by atoms with E-state index in [4.69, 9.17) is 62.8 Å². The van der Waals surface area contributed by atoms with Crippen LogP contribution in [0.3, 0.4) is 0 Å². The van der Waals surface area contributed by atoms with E-state index in [1.54, 1.807) is 129 Å². The molecule has 8 aliphatic rings. The second kappa shape index (κ2) is 49.6.